The Morgan fingerprint density at radius 1 is 1.08 bits per heavy atom. The molecule has 0 radical (unpaired) electrons. The highest BCUT2D eigenvalue weighted by molar-refractivity contribution is 6.35. The molecule has 2 aromatic rings. The van der Waals surface area contributed by atoms with E-state index < -0.39 is 5.91 Å². The number of hydrogen-bond acceptors (Lipinski definition) is 4. The van der Waals surface area contributed by atoms with Gasteiger partial charge in [0.15, 0.2) is 6.61 Å². The largest absolute Gasteiger partial charge is 0.495 e. The van der Waals surface area contributed by atoms with Crippen LogP contribution in [-0.2, 0) is 4.79 Å². The number of carbonyl (C=O) groups excluding carboxylic acids is 2. The molecule has 25 heavy (non-hydrogen) atoms. The molecule has 0 aromatic heterocycles. The van der Waals surface area contributed by atoms with Crippen LogP contribution in [0.2, 0.25) is 10.0 Å². The van der Waals surface area contributed by atoms with E-state index in [4.69, 9.17) is 32.7 Å². The molecule has 2 aromatic carbocycles. The lowest BCUT2D eigenvalue weighted by Crippen LogP contribution is -2.21. The maximum absolute atomic E-state index is 12.1. The van der Waals surface area contributed by atoms with E-state index in [2.05, 4.69) is 10.6 Å². The summed E-state index contributed by atoms with van der Waals surface area (Å²) in [6.45, 7) is -0.248. The fraction of sp³-hybridized carbons (Fsp3) is 0.176. The second-order valence-electron chi connectivity index (χ2n) is 4.91. The molecule has 2 amide bonds. The Morgan fingerprint density at radius 2 is 1.84 bits per heavy atom. The van der Waals surface area contributed by atoms with Crippen molar-refractivity contribution in [3.8, 4) is 11.5 Å². The molecule has 0 atom stereocenters. The Morgan fingerprint density at radius 3 is 2.48 bits per heavy atom. The van der Waals surface area contributed by atoms with Gasteiger partial charge in [0.25, 0.3) is 11.8 Å². The molecule has 0 saturated heterocycles. The fourth-order valence-corrected chi connectivity index (χ4v) is 2.46. The Bertz CT molecular complexity index is 796. The molecule has 2 rings (SSSR count). The SMILES string of the molecule is CNC(=O)c1ccc(NC(=O)COc2ccc(Cl)cc2Cl)c(OC)c1. The zero-order chi connectivity index (χ0) is 18.4. The van der Waals surface area contributed by atoms with E-state index in [1.54, 1.807) is 24.3 Å². The van der Waals surface area contributed by atoms with E-state index in [-0.39, 0.29) is 12.5 Å². The van der Waals surface area contributed by atoms with Crippen molar-refractivity contribution in [2.45, 2.75) is 0 Å². The molecule has 2 N–H and O–H groups in total. The van der Waals surface area contributed by atoms with Gasteiger partial charge in [-0.05, 0) is 36.4 Å². The maximum Gasteiger partial charge on any atom is 0.262 e. The number of halogens is 2. The summed E-state index contributed by atoms with van der Waals surface area (Å²) < 4.78 is 10.6. The van der Waals surface area contributed by atoms with Gasteiger partial charge in [-0.3, -0.25) is 9.59 Å². The minimum absolute atomic E-state index is 0.248. The number of benzene rings is 2. The second-order valence-corrected chi connectivity index (χ2v) is 5.75. The molecule has 0 fully saturated rings. The van der Waals surface area contributed by atoms with Gasteiger partial charge in [0.1, 0.15) is 11.5 Å². The molecule has 0 heterocycles. The van der Waals surface area contributed by atoms with E-state index in [0.29, 0.717) is 32.8 Å². The van der Waals surface area contributed by atoms with Gasteiger partial charge in [-0.25, -0.2) is 0 Å². The summed E-state index contributed by atoms with van der Waals surface area (Å²) in [4.78, 5) is 23.7. The summed E-state index contributed by atoms with van der Waals surface area (Å²) in [7, 11) is 2.98. The number of anilines is 1. The second kappa shape index (κ2) is 8.60. The summed E-state index contributed by atoms with van der Waals surface area (Å²) in [5, 5.41) is 5.96. The molecule has 0 aliphatic rings. The van der Waals surface area contributed by atoms with Crippen LogP contribution in [0.4, 0.5) is 5.69 Å². The number of nitrogens with one attached hydrogen (secondary N) is 2. The number of methoxy groups -OCH3 is 1. The third-order valence-electron chi connectivity index (χ3n) is 3.22. The predicted molar refractivity (Wildman–Crippen MR) is 97.0 cm³/mol. The van der Waals surface area contributed by atoms with E-state index in [0.717, 1.165) is 0 Å². The van der Waals surface area contributed by atoms with E-state index in [1.165, 1.54) is 26.3 Å². The maximum atomic E-state index is 12.1. The van der Waals surface area contributed by atoms with E-state index in [9.17, 15) is 9.59 Å². The third-order valence-corrected chi connectivity index (χ3v) is 3.75. The Kier molecular flexibility index (Phi) is 6.50. The first-order valence-electron chi connectivity index (χ1n) is 7.22. The first-order chi connectivity index (χ1) is 11.9. The van der Waals surface area contributed by atoms with Crippen LogP contribution in [0.25, 0.3) is 0 Å². The zero-order valence-corrected chi connectivity index (χ0v) is 15.1. The number of rotatable bonds is 6. The molecule has 0 aliphatic carbocycles. The van der Waals surface area contributed by atoms with Crippen LogP contribution in [0.3, 0.4) is 0 Å². The fourth-order valence-electron chi connectivity index (χ4n) is 2.00. The lowest BCUT2D eigenvalue weighted by atomic mass is 10.1. The molecule has 0 spiro atoms. The average Bonchev–Trinajstić information content (AvgIpc) is 2.60. The van der Waals surface area contributed by atoms with Gasteiger partial charge in [0, 0.05) is 17.6 Å². The lowest BCUT2D eigenvalue weighted by molar-refractivity contribution is -0.118. The van der Waals surface area contributed by atoms with Crippen LogP contribution in [0, 0.1) is 0 Å². The van der Waals surface area contributed by atoms with E-state index in [1.807, 2.05) is 0 Å². The summed E-state index contributed by atoms with van der Waals surface area (Å²) in [5.41, 5.74) is 0.840. The van der Waals surface area contributed by atoms with Crippen molar-refractivity contribution < 1.29 is 19.1 Å². The van der Waals surface area contributed by atoms with Gasteiger partial charge in [0.05, 0.1) is 17.8 Å². The van der Waals surface area contributed by atoms with Crippen molar-refractivity contribution >= 4 is 40.7 Å². The predicted octanol–water partition coefficient (Wildman–Crippen LogP) is 3.38. The number of hydrogen-bond donors (Lipinski definition) is 2. The summed E-state index contributed by atoms with van der Waals surface area (Å²) >= 11 is 11.8. The van der Waals surface area contributed by atoms with Gasteiger partial charge in [-0.1, -0.05) is 23.2 Å². The molecule has 0 aliphatic heterocycles. The molecule has 6 nitrogen and oxygen atoms in total. The average molecular weight is 383 g/mol. The Labute approximate surface area is 155 Å². The molecular formula is C17H16Cl2N2O4. The molecule has 0 saturated carbocycles. The van der Waals surface area contributed by atoms with Gasteiger partial charge in [-0.2, -0.15) is 0 Å². The number of amides is 2. The van der Waals surface area contributed by atoms with Crippen molar-refractivity contribution in [3.63, 3.8) is 0 Å². The van der Waals surface area contributed by atoms with Crippen LogP contribution < -0.4 is 20.1 Å². The van der Waals surface area contributed by atoms with Crippen molar-refractivity contribution in [2.75, 3.05) is 26.1 Å². The standard InChI is InChI=1S/C17H16Cl2N2O4/c1-20-17(23)10-3-5-13(15(7-10)24-2)21-16(22)9-25-14-6-4-11(18)8-12(14)19/h3-8H,9H2,1-2H3,(H,20,23)(H,21,22). The van der Waals surface area contributed by atoms with E-state index >= 15 is 0 Å². The highest BCUT2D eigenvalue weighted by atomic mass is 35.5. The topological polar surface area (TPSA) is 76.7 Å². The quantitative estimate of drug-likeness (QED) is 0.802. The van der Waals surface area contributed by atoms with Crippen molar-refractivity contribution in [1.29, 1.82) is 0 Å². The zero-order valence-electron chi connectivity index (χ0n) is 13.6. The number of ether oxygens (including phenoxy) is 2. The molecule has 0 bridgehead atoms. The smallest absolute Gasteiger partial charge is 0.262 e. The van der Waals surface area contributed by atoms with Crippen LogP contribution >= 0.6 is 23.2 Å². The minimum Gasteiger partial charge on any atom is -0.495 e. The van der Waals surface area contributed by atoms with Crippen LogP contribution in [0.15, 0.2) is 36.4 Å². The summed E-state index contributed by atoms with van der Waals surface area (Å²) in [6.07, 6.45) is 0. The molecule has 0 unspecified atom stereocenters. The van der Waals surface area contributed by atoms with Gasteiger partial charge >= 0.3 is 0 Å². The van der Waals surface area contributed by atoms with Crippen LogP contribution in [0.1, 0.15) is 10.4 Å². The summed E-state index contributed by atoms with van der Waals surface area (Å²) in [6, 6.07) is 9.41. The van der Waals surface area contributed by atoms with Crippen molar-refractivity contribution in [3.05, 3.63) is 52.0 Å². The van der Waals surface area contributed by atoms with Crippen molar-refractivity contribution in [2.24, 2.45) is 0 Å². The molecule has 132 valence electrons. The Hall–Kier alpha value is -2.44. The van der Waals surface area contributed by atoms with Gasteiger partial charge in [-0.15, -0.1) is 0 Å². The highest BCUT2D eigenvalue weighted by Crippen LogP contribution is 2.28. The Balaban J connectivity index is 2.03. The van der Waals surface area contributed by atoms with Gasteiger partial charge in [0.2, 0.25) is 0 Å². The van der Waals surface area contributed by atoms with Crippen LogP contribution in [-0.4, -0.2) is 32.6 Å². The summed E-state index contributed by atoms with van der Waals surface area (Å²) in [5.74, 6) is 0.0519. The van der Waals surface area contributed by atoms with Crippen LogP contribution in [0.5, 0.6) is 11.5 Å². The first kappa shape index (κ1) is 18.9. The van der Waals surface area contributed by atoms with Gasteiger partial charge < -0.3 is 20.1 Å². The number of carbonyl (C=O) groups is 2. The normalized spacial score (nSPS) is 10.1. The first-order valence-corrected chi connectivity index (χ1v) is 7.98. The molecular weight excluding hydrogens is 367 g/mol. The monoisotopic (exact) mass is 382 g/mol. The third kappa shape index (κ3) is 5.01. The minimum atomic E-state index is -0.406. The molecule has 8 heteroatoms. The highest BCUT2D eigenvalue weighted by Gasteiger charge is 2.12. The van der Waals surface area contributed by atoms with Crippen molar-refractivity contribution in [1.82, 2.24) is 5.32 Å². The lowest BCUT2D eigenvalue weighted by Gasteiger charge is -2.12.